The Balaban J connectivity index is 0.849. The topological polar surface area (TPSA) is 206 Å². The standard InChI is InChI=1S/C44H47N7O8/c1-5-28-30-18-27(12-13-35(30)47-39-32(28)22-50-36(39)20-34-33(41(50)54)23-59-42(55)44(34,57)6-2)58-17-7-14-45-15-16-46-25-8-10-26(11-9-25)51-40(48-49-43(51)56)31-19-29(24(3)4)37(52)21-38(31)53/h8-13,18-21,24,45-46,52-53,57H,5-7,14-17,22-23H2,1-4H3,(H,49,56). The van der Waals surface area contributed by atoms with Gasteiger partial charge in [0.05, 0.1) is 46.9 Å². The van der Waals surface area contributed by atoms with Crippen LogP contribution in [0.25, 0.3) is 39.4 Å². The van der Waals surface area contributed by atoms with Crippen LogP contribution in [0.4, 0.5) is 5.69 Å². The number of rotatable bonds is 14. The van der Waals surface area contributed by atoms with E-state index in [0.29, 0.717) is 72.0 Å². The van der Waals surface area contributed by atoms with Crippen molar-refractivity contribution in [2.45, 2.75) is 71.6 Å². The van der Waals surface area contributed by atoms with Crippen molar-refractivity contribution >= 4 is 22.6 Å². The van der Waals surface area contributed by atoms with Crippen molar-refractivity contribution in [3.8, 4) is 45.7 Å². The summed E-state index contributed by atoms with van der Waals surface area (Å²) in [4.78, 5) is 44.0. The van der Waals surface area contributed by atoms with Gasteiger partial charge < -0.3 is 40.0 Å². The third-order valence-corrected chi connectivity index (χ3v) is 11.3. The number of pyridine rings is 2. The number of hydrogen-bond acceptors (Lipinski definition) is 12. The lowest BCUT2D eigenvalue weighted by molar-refractivity contribution is -0.172. The van der Waals surface area contributed by atoms with Gasteiger partial charge >= 0.3 is 11.7 Å². The van der Waals surface area contributed by atoms with Gasteiger partial charge in [0.25, 0.3) is 5.56 Å². The van der Waals surface area contributed by atoms with Gasteiger partial charge in [-0.05, 0) is 97.4 Å². The average molecular weight is 802 g/mol. The number of aryl methyl sites for hydroxylation is 1. The summed E-state index contributed by atoms with van der Waals surface area (Å²) in [7, 11) is 0. The van der Waals surface area contributed by atoms with Crippen LogP contribution in [0.5, 0.6) is 17.2 Å². The van der Waals surface area contributed by atoms with E-state index >= 15 is 0 Å². The van der Waals surface area contributed by atoms with E-state index in [1.54, 1.807) is 35.8 Å². The summed E-state index contributed by atoms with van der Waals surface area (Å²) in [5.74, 6) is 0.0308. The summed E-state index contributed by atoms with van der Waals surface area (Å²) >= 11 is 0. The molecule has 306 valence electrons. The number of H-pyrrole nitrogens is 1. The van der Waals surface area contributed by atoms with E-state index in [1.165, 1.54) is 10.6 Å². The molecular formula is C44H47N7O8. The number of nitrogens with zero attached hydrogens (tertiary/aromatic N) is 4. The summed E-state index contributed by atoms with van der Waals surface area (Å²) in [5, 5.41) is 46.5. The number of aromatic amines is 1. The Kier molecular flexibility index (Phi) is 10.5. The molecule has 59 heavy (non-hydrogen) atoms. The second-order valence-electron chi connectivity index (χ2n) is 15.2. The fourth-order valence-electron chi connectivity index (χ4n) is 8.12. The number of aliphatic hydroxyl groups is 1. The summed E-state index contributed by atoms with van der Waals surface area (Å²) in [6, 6.07) is 17.8. The van der Waals surface area contributed by atoms with Crippen LogP contribution in [-0.2, 0) is 34.7 Å². The number of carbonyl (C=O) groups is 1. The SMILES string of the molecule is CCc1c2c(nc3ccc(OCCCNCCNc4ccc(-n5c(-c6cc(C(C)C)c(O)cc6O)n[nH]c5=O)cc4)cc13)-c1cc3c(c(=O)n1C2)COC(=O)C3(O)CC. The van der Waals surface area contributed by atoms with Crippen molar-refractivity contribution < 1.29 is 29.6 Å². The van der Waals surface area contributed by atoms with Crippen LogP contribution in [0, 0.1) is 0 Å². The molecule has 5 heterocycles. The third-order valence-electron chi connectivity index (χ3n) is 11.3. The fourth-order valence-corrected chi connectivity index (χ4v) is 8.12. The molecular weight excluding hydrogens is 755 g/mol. The number of phenols is 2. The molecule has 0 bridgehead atoms. The van der Waals surface area contributed by atoms with Crippen LogP contribution in [0.3, 0.4) is 0 Å². The van der Waals surface area contributed by atoms with Crippen LogP contribution in [0.15, 0.2) is 70.3 Å². The molecule has 6 aromatic rings. The second kappa shape index (κ2) is 15.7. The van der Waals surface area contributed by atoms with Gasteiger partial charge in [-0.15, -0.1) is 0 Å². The molecule has 0 saturated heterocycles. The normalized spacial score (nSPS) is 15.6. The van der Waals surface area contributed by atoms with E-state index in [4.69, 9.17) is 14.5 Å². The van der Waals surface area contributed by atoms with E-state index in [2.05, 4.69) is 27.8 Å². The molecule has 0 radical (unpaired) electrons. The van der Waals surface area contributed by atoms with Crippen LogP contribution in [-0.4, -0.2) is 71.8 Å². The van der Waals surface area contributed by atoms with Gasteiger partial charge in [0.1, 0.15) is 23.9 Å². The quantitative estimate of drug-likeness (QED) is 0.0621. The number of cyclic esters (lactones) is 1. The van der Waals surface area contributed by atoms with Crippen molar-refractivity contribution in [3.05, 3.63) is 109 Å². The van der Waals surface area contributed by atoms with E-state index in [1.807, 2.05) is 44.2 Å². The smallest absolute Gasteiger partial charge is 0.348 e. The Morgan fingerprint density at radius 1 is 0.966 bits per heavy atom. The lowest BCUT2D eigenvalue weighted by Crippen LogP contribution is -2.44. The van der Waals surface area contributed by atoms with Crippen molar-refractivity contribution in [3.63, 3.8) is 0 Å². The van der Waals surface area contributed by atoms with Gasteiger partial charge in [0, 0.05) is 41.4 Å². The zero-order chi connectivity index (χ0) is 41.6. The average Bonchev–Trinajstić information content (AvgIpc) is 3.79. The molecule has 0 spiro atoms. The first-order valence-electron chi connectivity index (χ1n) is 20.0. The Morgan fingerprint density at radius 2 is 1.76 bits per heavy atom. The minimum Gasteiger partial charge on any atom is -0.508 e. The van der Waals surface area contributed by atoms with Crippen LogP contribution in [0.1, 0.15) is 74.3 Å². The number of hydrogen-bond donors (Lipinski definition) is 6. The minimum absolute atomic E-state index is 0.00435. The van der Waals surface area contributed by atoms with E-state index in [9.17, 15) is 29.7 Å². The molecule has 1 atom stereocenters. The molecule has 0 fully saturated rings. The van der Waals surface area contributed by atoms with Crippen molar-refractivity contribution in [2.75, 3.05) is 31.6 Å². The van der Waals surface area contributed by atoms with Crippen LogP contribution >= 0.6 is 0 Å². The lowest BCUT2D eigenvalue weighted by Gasteiger charge is -2.31. The predicted molar refractivity (Wildman–Crippen MR) is 222 cm³/mol. The van der Waals surface area contributed by atoms with Crippen molar-refractivity contribution in [1.29, 1.82) is 0 Å². The van der Waals surface area contributed by atoms with E-state index in [-0.39, 0.29) is 41.8 Å². The highest BCUT2D eigenvalue weighted by atomic mass is 16.6. The first-order chi connectivity index (χ1) is 28.4. The van der Waals surface area contributed by atoms with E-state index in [0.717, 1.165) is 46.4 Å². The van der Waals surface area contributed by atoms with Gasteiger partial charge in [-0.3, -0.25) is 4.79 Å². The molecule has 2 aliphatic rings. The van der Waals surface area contributed by atoms with Gasteiger partial charge in [-0.25, -0.2) is 24.2 Å². The van der Waals surface area contributed by atoms with Crippen molar-refractivity contribution in [1.82, 2.24) is 29.6 Å². The number of aromatic nitrogens is 5. The van der Waals surface area contributed by atoms with Crippen molar-refractivity contribution in [2.24, 2.45) is 0 Å². The summed E-state index contributed by atoms with van der Waals surface area (Å²) < 4.78 is 14.4. The molecule has 15 heteroatoms. The molecule has 0 aliphatic carbocycles. The fraction of sp³-hybridized carbons (Fsp3) is 0.341. The first-order valence-corrected chi connectivity index (χ1v) is 20.0. The summed E-state index contributed by atoms with van der Waals surface area (Å²) in [5.41, 5.74) is 4.50. The number of carbonyl (C=O) groups excluding carboxylic acids is 1. The predicted octanol–water partition coefficient (Wildman–Crippen LogP) is 5.19. The highest BCUT2D eigenvalue weighted by Gasteiger charge is 2.45. The number of phenolic OH excluding ortho intramolecular Hbond substituents is 2. The van der Waals surface area contributed by atoms with Gasteiger partial charge in [0.15, 0.2) is 11.4 Å². The van der Waals surface area contributed by atoms with Gasteiger partial charge in [-0.1, -0.05) is 27.7 Å². The zero-order valence-corrected chi connectivity index (χ0v) is 33.4. The zero-order valence-electron chi connectivity index (χ0n) is 33.4. The molecule has 6 N–H and O–H groups in total. The van der Waals surface area contributed by atoms with Crippen LogP contribution < -0.4 is 26.6 Å². The molecule has 8 rings (SSSR count). The first kappa shape index (κ1) is 39.4. The second-order valence-corrected chi connectivity index (χ2v) is 15.2. The molecule has 0 saturated carbocycles. The molecule has 2 aliphatic heterocycles. The number of esters is 1. The Hall–Kier alpha value is -6.45. The summed E-state index contributed by atoms with van der Waals surface area (Å²) in [6.45, 7) is 10.5. The molecule has 3 aromatic carbocycles. The third kappa shape index (κ3) is 6.99. The number of aromatic hydroxyl groups is 2. The maximum absolute atomic E-state index is 13.6. The maximum Gasteiger partial charge on any atom is 0.348 e. The van der Waals surface area contributed by atoms with Crippen LogP contribution in [0.2, 0.25) is 0 Å². The Bertz CT molecular complexity index is 2720. The molecule has 1 unspecified atom stereocenters. The highest BCUT2D eigenvalue weighted by molar-refractivity contribution is 5.90. The number of anilines is 1. The number of benzene rings is 3. The molecule has 15 nitrogen and oxygen atoms in total. The minimum atomic E-state index is -1.87. The monoisotopic (exact) mass is 801 g/mol. The van der Waals surface area contributed by atoms with Gasteiger partial charge in [-0.2, -0.15) is 5.10 Å². The number of nitrogens with one attached hydrogen (secondary N) is 3. The van der Waals surface area contributed by atoms with E-state index < -0.39 is 17.3 Å². The largest absolute Gasteiger partial charge is 0.508 e. The molecule has 0 amide bonds. The summed E-state index contributed by atoms with van der Waals surface area (Å²) in [6.07, 6.45) is 1.59. The number of fused-ring (bicyclic) bond motifs is 5. The maximum atomic E-state index is 13.6. The number of ether oxygens (including phenoxy) is 2. The molecule has 3 aromatic heterocycles. The Morgan fingerprint density at radius 3 is 2.51 bits per heavy atom. The highest BCUT2D eigenvalue weighted by Crippen LogP contribution is 2.41. The Labute approximate surface area is 339 Å². The van der Waals surface area contributed by atoms with Gasteiger partial charge in [0.2, 0.25) is 0 Å². The lowest BCUT2D eigenvalue weighted by atomic mass is 9.86.